The van der Waals surface area contributed by atoms with Crippen molar-refractivity contribution < 1.29 is 5.11 Å². The molecule has 0 radical (unpaired) electrons. The van der Waals surface area contributed by atoms with Crippen molar-refractivity contribution in [1.82, 2.24) is 4.57 Å². The molecule has 0 fully saturated rings. The second-order valence-corrected chi connectivity index (χ2v) is 7.46. The molecule has 0 amide bonds. The number of halogens is 1. The number of rotatable bonds is 1. The van der Waals surface area contributed by atoms with Gasteiger partial charge in [-0.2, -0.15) is 0 Å². The Balaban J connectivity index is 2.13. The van der Waals surface area contributed by atoms with Crippen LogP contribution in [0.2, 0.25) is 0 Å². The van der Waals surface area contributed by atoms with Crippen LogP contribution in [0.3, 0.4) is 0 Å². The second kappa shape index (κ2) is 4.74. The molecule has 1 aromatic carbocycles. The summed E-state index contributed by atoms with van der Waals surface area (Å²) in [5.41, 5.74) is 4.83. The molecular weight excluding hydrogens is 314 g/mol. The smallest absolute Gasteiger partial charge is 0.0812 e. The van der Waals surface area contributed by atoms with Crippen molar-refractivity contribution in [3.8, 4) is 5.69 Å². The Morgan fingerprint density at radius 2 is 2.05 bits per heavy atom. The molecule has 2 aromatic rings. The van der Waals surface area contributed by atoms with Crippen molar-refractivity contribution in [1.29, 1.82) is 0 Å². The minimum Gasteiger partial charge on any atom is -0.388 e. The molecule has 0 saturated heterocycles. The van der Waals surface area contributed by atoms with E-state index in [-0.39, 0.29) is 11.5 Å². The van der Waals surface area contributed by atoms with Gasteiger partial charge in [0.15, 0.2) is 0 Å². The lowest BCUT2D eigenvalue weighted by Gasteiger charge is -2.34. The highest BCUT2D eigenvalue weighted by Crippen LogP contribution is 2.42. The van der Waals surface area contributed by atoms with Gasteiger partial charge in [-0.05, 0) is 64.9 Å². The van der Waals surface area contributed by atoms with E-state index in [2.05, 4.69) is 71.7 Å². The van der Waals surface area contributed by atoms with E-state index >= 15 is 0 Å². The Bertz CT molecular complexity index is 657. The van der Waals surface area contributed by atoms with Crippen LogP contribution in [0.4, 0.5) is 0 Å². The third kappa shape index (κ3) is 2.33. The molecule has 20 heavy (non-hydrogen) atoms. The van der Waals surface area contributed by atoms with E-state index < -0.39 is 0 Å². The van der Waals surface area contributed by atoms with E-state index in [0.717, 1.165) is 28.6 Å². The number of aliphatic hydroxyl groups is 1. The number of hydrogen-bond acceptors (Lipinski definition) is 1. The predicted molar refractivity (Wildman–Crippen MR) is 85.3 cm³/mol. The van der Waals surface area contributed by atoms with Gasteiger partial charge in [0.1, 0.15) is 0 Å². The molecule has 3 rings (SSSR count). The maximum absolute atomic E-state index is 10.3. The lowest BCUT2D eigenvalue weighted by Crippen LogP contribution is -2.26. The molecule has 106 valence electrons. The van der Waals surface area contributed by atoms with E-state index in [0.29, 0.717) is 0 Å². The van der Waals surface area contributed by atoms with Crippen molar-refractivity contribution in [2.75, 3.05) is 0 Å². The molecule has 0 bridgehead atoms. The fourth-order valence-corrected chi connectivity index (χ4v) is 3.85. The van der Waals surface area contributed by atoms with Crippen molar-refractivity contribution >= 4 is 15.9 Å². The molecule has 1 heterocycles. The minimum absolute atomic E-state index is 0.139. The molecule has 3 heteroatoms. The highest BCUT2D eigenvalue weighted by molar-refractivity contribution is 9.10. The summed E-state index contributed by atoms with van der Waals surface area (Å²) in [5, 5.41) is 10.3. The summed E-state index contributed by atoms with van der Waals surface area (Å²) >= 11 is 3.66. The van der Waals surface area contributed by atoms with Crippen molar-refractivity contribution in [3.05, 3.63) is 51.8 Å². The third-order valence-electron chi connectivity index (χ3n) is 4.14. The maximum Gasteiger partial charge on any atom is 0.0812 e. The van der Waals surface area contributed by atoms with Crippen LogP contribution in [0, 0.1) is 12.3 Å². The Hall–Kier alpha value is -1.06. The fraction of sp³-hybridized carbons (Fsp3) is 0.412. The minimum atomic E-state index is -0.348. The molecule has 1 unspecified atom stereocenters. The highest BCUT2D eigenvalue weighted by Gasteiger charge is 2.33. The average Bonchev–Trinajstić information content (AvgIpc) is 2.71. The maximum atomic E-state index is 10.3. The van der Waals surface area contributed by atoms with Crippen LogP contribution in [0.1, 0.15) is 43.2 Å². The Morgan fingerprint density at radius 3 is 2.75 bits per heavy atom. The summed E-state index contributed by atoms with van der Waals surface area (Å²) in [7, 11) is 0. The van der Waals surface area contributed by atoms with Gasteiger partial charge < -0.3 is 9.67 Å². The standard InChI is InChI=1S/C17H20BrNO/c1-11-4-5-14(13(18)8-11)19-7-6-12-15(19)9-17(2,3)10-16(12)20/h4-8,16,20H,9-10H2,1-3H3. The summed E-state index contributed by atoms with van der Waals surface area (Å²) in [6, 6.07) is 8.44. The van der Waals surface area contributed by atoms with Gasteiger partial charge in [0.25, 0.3) is 0 Å². The average molecular weight is 334 g/mol. The zero-order valence-electron chi connectivity index (χ0n) is 12.2. The van der Waals surface area contributed by atoms with Gasteiger partial charge >= 0.3 is 0 Å². The number of nitrogens with zero attached hydrogens (tertiary/aromatic N) is 1. The van der Waals surface area contributed by atoms with Gasteiger partial charge in [0, 0.05) is 21.9 Å². The molecule has 1 aromatic heterocycles. The molecule has 1 aliphatic carbocycles. The van der Waals surface area contributed by atoms with Gasteiger partial charge in [-0.25, -0.2) is 0 Å². The predicted octanol–water partition coefficient (Wildman–Crippen LogP) is 4.55. The molecule has 0 aliphatic heterocycles. The summed E-state index contributed by atoms with van der Waals surface area (Å²) in [5.74, 6) is 0. The largest absolute Gasteiger partial charge is 0.388 e. The Morgan fingerprint density at radius 1 is 1.30 bits per heavy atom. The first-order valence-electron chi connectivity index (χ1n) is 7.02. The molecule has 1 N–H and O–H groups in total. The van der Waals surface area contributed by atoms with Crippen LogP contribution in [-0.4, -0.2) is 9.67 Å². The first-order chi connectivity index (χ1) is 9.37. The molecule has 1 aliphatic rings. The van der Waals surface area contributed by atoms with Gasteiger partial charge in [0.2, 0.25) is 0 Å². The van der Waals surface area contributed by atoms with E-state index in [4.69, 9.17) is 0 Å². The lowest BCUT2D eigenvalue weighted by atomic mass is 9.75. The number of aromatic nitrogens is 1. The topological polar surface area (TPSA) is 25.2 Å². The molecule has 0 saturated carbocycles. The van der Waals surface area contributed by atoms with Gasteiger partial charge in [-0.3, -0.25) is 0 Å². The third-order valence-corrected chi connectivity index (χ3v) is 4.78. The lowest BCUT2D eigenvalue weighted by molar-refractivity contribution is 0.0987. The highest BCUT2D eigenvalue weighted by atomic mass is 79.9. The van der Waals surface area contributed by atoms with E-state index in [9.17, 15) is 5.11 Å². The molecule has 2 nitrogen and oxygen atoms in total. The number of fused-ring (bicyclic) bond motifs is 1. The van der Waals surface area contributed by atoms with Crippen LogP contribution in [0.5, 0.6) is 0 Å². The van der Waals surface area contributed by atoms with Gasteiger partial charge in [-0.15, -0.1) is 0 Å². The van der Waals surface area contributed by atoms with Crippen molar-refractivity contribution in [3.63, 3.8) is 0 Å². The SMILES string of the molecule is Cc1ccc(-n2ccc3c2CC(C)(C)CC3O)c(Br)c1. The summed E-state index contributed by atoms with van der Waals surface area (Å²) in [6.07, 6.45) is 3.55. The molecular formula is C17H20BrNO. The zero-order valence-corrected chi connectivity index (χ0v) is 13.7. The Labute approximate surface area is 128 Å². The molecule has 1 atom stereocenters. The van der Waals surface area contributed by atoms with Gasteiger partial charge in [-0.1, -0.05) is 19.9 Å². The normalized spacial score (nSPS) is 20.8. The van der Waals surface area contributed by atoms with Crippen LogP contribution in [-0.2, 0) is 6.42 Å². The van der Waals surface area contributed by atoms with Crippen LogP contribution in [0.25, 0.3) is 5.69 Å². The van der Waals surface area contributed by atoms with Crippen LogP contribution in [0.15, 0.2) is 34.9 Å². The first-order valence-corrected chi connectivity index (χ1v) is 7.81. The number of aryl methyl sites for hydroxylation is 1. The monoisotopic (exact) mass is 333 g/mol. The fourth-order valence-electron chi connectivity index (χ4n) is 3.16. The van der Waals surface area contributed by atoms with Crippen LogP contribution >= 0.6 is 15.9 Å². The number of benzene rings is 1. The quantitative estimate of drug-likeness (QED) is 0.813. The van der Waals surface area contributed by atoms with Crippen LogP contribution < -0.4 is 0 Å². The van der Waals surface area contributed by atoms with Crippen molar-refractivity contribution in [2.45, 2.75) is 39.7 Å². The Kier molecular flexibility index (Phi) is 3.30. The number of aliphatic hydroxyl groups excluding tert-OH is 1. The van der Waals surface area contributed by atoms with E-state index in [1.165, 1.54) is 11.3 Å². The first kappa shape index (κ1) is 13.9. The van der Waals surface area contributed by atoms with Gasteiger partial charge in [0.05, 0.1) is 11.8 Å². The van der Waals surface area contributed by atoms with E-state index in [1.807, 2.05) is 0 Å². The molecule has 0 spiro atoms. The van der Waals surface area contributed by atoms with Crippen molar-refractivity contribution in [2.24, 2.45) is 5.41 Å². The van der Waals surface area contributed by atoms with E-state index in [1.54, 1.807) is 0 Å². The summed E-state index contributed by atoms with van der Waals surface area (Å²) in [4.78, 5) is 0. The zero-order chi connectivity index (χ0) is 14.5. The second-order valence-electron chi connectivity index (χ2n) is 6.60. The summed E-state index contributed by atoms with van der Waals surface area (Å²) in [6.45, 7) is 6.54. The summed E-state index contributed by atoms with van der Waals surface area (Å²) < 4.78 is 3.30. The number of hydrogen-bond donors (Lipinski definition) is 1.